The Balaban J connectivity index is 1.34. The Labute approximate surface area is 142 Å². The van der Waals surface area contributed by atoms with Crippen LogP contribution in [0.3, 0.4) is 0 Å². The van der Waals surface area contributed by atoms with Crippen molar-refractivity contribution in [2.24, 2.45) is 0 Å². The molecule has 2 aliphatic rings. The molecule has 1 saturated heterocycles. The second-order valence-corrected chi connectivity index (χ2v) is 6.29. The van der Waals surface area contributed by atoms with Crippen LogP contribution >= 0.6 is 0 Å². The molecule has 0 unspecified atom stereocenters. The van der Waals surface area contributed by atoms with E-state index in [4.69, 9.17) is 4.74 Å². The molecule has 0 atom stereocenters. The first-order chi connectivity index (χ1) is 11.7. The van der Waals surface area contributed by atoms with Gasteiger partial charge in [-0.25, -0.2) is 4.79 Å². The summed E-state index contributed by atoms with van der Waals surface area (Å²) < 4.78 is 4.99. The number of nitrogens with one attached hydrogen (secondary N) is 1. The van der Waals surface area contributed by atoms with Gasteiger partial charge in [-0.3, -0.25) is 4.79 Å². The van der Waals surface area contributed by atoms with Crippen LogP contribution in [0.5, 0.6) is 0 Å². The van der Waals surface area contributed by atoms with E-state index in [-0.39, 0.29) is 12.0 Å². The van der Waals surface area contributed by atoms with Gasteiger partial charge in [0.05, 0.1) is 6.61 Å². The van der Waals surface area contributed by atoms with Crippen LogP contribution in [0.15, 0.2) is 24.3 Å². The van der Waals surface area contributed by atoms with Gasteiger partial charge in [-0.05, 0) is 24.0 Å². The molecule has 6 heteroatoms. The molecular formula is C18H25N3O3. The third-order valence-corrected chi connectivity index (χ3v) is 4.61. The number of fused-ring (bicyclic) bond motifs is 1. The van der Waals surface area contributed by atoms with Crippen molar-refractivity contribution >= 4 is 12.0 Å². The lowest BCUT2D eigenvalue weighted by atomic mass is 10.00. The standard InChI is InChI=1S/C18H25N3O3/c22-17(21-11-7-15-4-1-2-5-16(15)14-21)6-8-19-9-12-20-10-3-13-24-18(20)23/h1-2,4-5,19H,3,6-14H2. The van der Waals surface area contributed by atoms with Crippen LogP contribution in [0.4, 0.5) is 4.79 Å². The zero-order valence-electron chi connectivity index (χ0n) is 14.0. The molecule has 2 heterocycles. The van der Waals surface area contributed by atoms with E-state index in [1.54, 1.807) is 4.90 Å². The normalized spacial score (nSPS) is 17.4. The van der Waals surface area contributed by atoms with Crippen LogP contribution in [0.25, 0.3) is 0 Å². The van der Waals surface area contributed by atoms with E-state index in [0.717, 1.165) is 25.9 Å². The van der Waals surface area contributed by atoms with Crippen LogP contribution in [-0.4, -0.2) is 61.1 Å². The molecule has 0 radical (unpaired) electrons. The van der Waals surface area contributed by atoms with Crippen molar-refractivity contribution in [3.8, 4) is 0 Å². The maximum atomic E-state index is 12.3. The highest BCUT2D eigenvalue weighted by atomic mass is 16.6. The average Bonchev–Trinajstić information content (AvgIpc) is 2.62. The number of rotatable bonds is 6. The quantitative estimate of drug-likeness (QED) is 0.800. The van der Waals surface area contributed by atoms with Gasteiger partial charge >= 0.3 is 6.09 Å². The number of hydrogen-bond acceptors (Lipinski definition) is 4. The number of carbonyl (C=O) groups is 2. The van der Waals surface area contributed by atoms with Crippen molar-refractivity contribution in [1.82, 2.24) is 15.1 Å². The second kappa shape index (κ2) is 8.15. The lowest BCUT2D eigenvalue weighted by molar-refractivity contribution is -0.132. The number of carbonyl (C=O) groups excluding carboxylic acids is 2. The van der Waals surface area contributed by atoms with E-state index < -0.39 is 0 Å². The molecule has 24 heavy (non-hydrogen) atoms. The minimum atomic E-state index is -0.230. The molecule has 1 N–H and O–H groups in total. The van der Waals surface area contributed by atoms with Gasteiger partial charge in [-0.2, -0.15) is 0 Å². The van der Waals surface area contributed by atoms with Crippen molar-refractivity contribution in [2.75, 3.05) is 39.3 Å². The van der Waals surface area contributed by atoms with E-state index in [1.807, 2.05) is 11.0 Å². The first-order valence-electron chi connectivity index (χ1n) is 8.71. The van der Waals surface area contributed by atoms with Crippen LogP contribution in [0.2, 0.25) is 0 Å². The van der Waals surface area contributed by atoms with Crippen LogP contribution in [0, 0.1) is 0 Å². The number of cyclic esters (lactones) is 1. The highest BCUT2D eigenvalue weighted by molar-refractivity contribution is 5.76. The van der Waals surface area contributed by atoms with Crippen LogP contribution < -0.4 is 5.32 Å². The van der Waals surface area contributed by atoms with Crippen molar-refractivity contribution in [1.29, 1.82) is 0 Å². The molecule has 6 nitrogen and oxygen atoms in total. The second-order valence-electron chi connectivity index (χ2n) is 6.29. The topological polar surface area (TPSA) is 61.9 Å². The molecule has 1 aromatic carbocycles. The van der Waals surface area contributed by atoms with Crippen molar-refractivity contribution in [3.63, 3.8) is 0 Å². The Morgan fingerprint density at radius 2 is 2.00 bits per heavy atom. The minimum absolute atomic E-state index is 0.189. The molecule has 130 valence electrons. The number of amides is 2. The fraction of sp³-hybridized carbons (Fsp3) is 0.556. The predicted molar refractivity (Wildman–Crippen MR) is 90.6 cm³/mol. The van der Waals surface area contributed by atoms with Gasteiger partial charge in [0.15, 0.2) is 0 Å². The number of benzene rings is 1. The fourth-order valence-electron chi connectivity index (χ4n) is 3.20. The zero-order chi connectivity index (χ0) is 16.8. The highest BCUT2D eigenvalue weighted by Crippen LogP contribution is 2.18. The lowest BCUT2D eigenvalue weighted by Crippen LogP contribution is -2.42. The van der Waals surface area contributed by atoms with Crippen molar-refractivity contribution in [2.45, 2.75) is 25.8 Å². The Hall–Kier alpha value is -2.08. The molecule has 3 rings (SSSR count). The summed E-state index contributed by atoms with van der Waals surface area (Å²) in [5.74, 6) is 0.189. The molecule has 0 aliphatic carbocycles. The lowest BCUT2D eigenvalue weighted by Gasteiger charge is -2.29. The van der Waals surface area contributed by atoms with Gasteiger partial charge < -0.3 is 19.9 Å². The van der Waals surface area contributed by atoms with E-state index in [0.29, 0.717) is 39.2 Å². The van der Waals surface area contributed by atoms with Gasteiger partial charge in [0, 0.05) is 45.7 Å². The van der Waals surface area contributed by atoms with Crippen molar-refractivity contribution < 1.29 is 14.3 Å². The summed E-state index contributed by atoms with van der Waals surface area (Å²) in [7, 11) is 0. The smallest absolute Gasteiger partial charge is 0.409 e. The summed E-state index contributed by atoms with van der Waals surface area (Å²) in [6.45, 7) is 4.75. The number of hydrogen-bond donors (Lipinski definition) is 1. The Kier molecular flexibility index (Phi) is 5.69. The van der Waals surface area contributed by atoms with Gasteiger partial charge in [-0.15, -0.1) is 0 Å². The average molecular weight is 331 g/mol. The number of ether oxygens (including phenoxy) is 1. The van der Waals surface area contributed by atoms with Crippen molar-refractivity contribution in [3.05, 3.63) is 35.4 Å². The first kappa shape index (κ1) is 16.8. The van der Waals surface area contributed by atoms with Gasteiger partial charge in [0.1, 0.15) is 0 Å². The Morgan fingerprint density at radius 1 is 1.17 bits per heavy atom. The monoisotopic (exact) mass is 331 g/mol. The fourth-order valence-corrected chi connectivity index (χ4v) is 3.20. The van der Waals surface area contributed by atoms with Gasteiger partial charge in [0.25, 0.3) is 0 Å². The summed E-state index contributed by atoms with van der Waals surface area (Å²) in [6.07, 6.45) is 2.09. The Bertz CT molecular complexity index is 591. The molecule has 0 bridgehead atoms. The molecule has 2 aliphatic heterocycles. The third kappa shape index (κ3) is 4.26. The summed E-state index contributed by atoms with van der Waals surface area (Å²) in [6, 6.07) is 8.33. The first-order valence-corrected chi connectivity index (χ1v) is 8.71. The molecule has 2 amide bonds. The largest absolute Gasteiger partial charge is 0.449 e. The molecule has 1 aromatic rings. The molecule has 0 spiro atoms. The third-order valence-electron chi connectivity index (χ3n) is 4.61. The van der Waals surface area contributed by atoms with Gasteiger partial charge in [0.2, 0.25) is 5.91 Å². The minimum Gasteiger partial charge on any atom is -0.449 e. The molecular weight excluding hydrogens is 306 g/mol. The van der Waals surface area contributed by atoms with E-state index in [9.17, 15) is 9.59 Å². The SMILES string of the molecule is O=C(CCNCCN1CCCOC1=O)N1CCc2ccccc2C1. The Morgan fingerprint density at radius 3 is 2.83 bits per heavy atom. The highest BCUT2D eigenvalue weighted by Gasteiger charge is 2.20. The van der Waals surface area contributed by atoms with Gasteiger partial charge in [-0.1, -0.05) is 24.3 Å². The summed E-state index contributed by atoms with van der Waals surface area (Å²) in [4.78, 5) is 27.5. The number of nitrogens with zero attached hydrogens (tertiary/aromatic N) is 2. The maximum Gasteiger partial charge on any atom is 0.409 e. The van der Waals surface area contributed by atoms with E-state index >= 15 is 0 Å². The molecule has 1 fully saturated rings. The molecule has 0 saturated carbocycles. The van der Waals surface area contributed by atoms with E-state index in [1.165, 1.54) is 11.1 Å². The van der Waals surface area contributed by atoms with Crippen LogP contribution in [-0.2, 0) is 22.5 Å². The van der Waals surface area contributed by atoms with E-state index in [2.05, 4.69) is 23.5 Å². The summed E-state index contributed by atoms with van der Waals surface area (Å²) in [5, 5.41) is 3.25. The zero-order valence-corrected chi connectivity index (χ0v) is 14.0. The van der Waals surface area contributed by atoms with Crippen LogP contribution in [0.1, 0.15) is 24.0 Å². The molecule has 0 aromatic heterocycles. The predicted octanol–water partition coefficient (Wildman–Crippen LogP) is 1.39. The summed E-state index contributed by atoms with van der Waals surface area (Å²) in [5.41, 5.74) is 2.61. The maximum absolute atomic E-state index is 12.3. The summed E-state index contributed by atoms with van der Waals surface area (Å²) >= 11 is 0.